The molecular formula is C54H47Br2KN10O2. The van der Waals surface area contributed by atoms with Gasteiger partial charge in [0.25, 0.3) is 0 Å². The molecule has 0 aliphatic heterocycles. The number of carbonyl (C=O) groups is 1. The van der Waals surface area contributed by atoms with E-state index < -0.39 is 0 Å². The molecule has 1 amide bonds. The fraction of sp³-hybridized carbons (Fsp3) is 0.0926. The number of anilines is 4. The van der Waals surface area contributed by atoms with Gasteiger partial charge in [0, 0.05) is 57.7 Å². The second kappa shape index (κ2) is 24.5. The first-order valence-electron chi connectivity index (χ1n) is 21.9. The molecule has 10 rings (SSSR count). The Hall–Kier alpha value is -6.01. The van der Waals surface area contributed by atoms with Crippen LogP contribution in [0.5, 0.6) is 0 Å². The summed E-state index contributed by atoms with van der Waals surface area (Å²) >= 11 is 7.02. The van der Waals surface area contributed by atoms with E-state index >= 15 is 0 Å². The van der Waals surface area contributed by atoms with Gasteiger partial charge in [0.05, 0.1) is 51.2 Å². The van der Waals surface area contributed by atoms with Crippen LogP contribution in [-0.2, 0) is 30.5 Å². The van der Waals surface area contributed by atoms with Gasteiger partial charge in [-0.05, 0) is 147 Å². The Bertz CT molecular complexity index is 3220. The van der Waals surface area contributed by atoms with Crippen LogP contribution in [0.25, 0.3) is 22.7 Å². The Morgan fingerprint density at radius 1 is 0.449 bits per heavy atom. The van der Waals surface area contributed by atoms with Crippen molar-refractivity contribution in [3.05, 3.63) is 238 Å². The summed E-state index contributed by atoms with van der Waals surface area (Å²) in [5, 5.41) is 22.4. The molecule has 0 aliphatic carbocycles. The molecule has 15 heteroatoms. The van der Waals surface area contributed by atoms with E-state index in [9.17, 15) is 4.79 Å². The van der Waals surface area contributed by atoms with Gasteiger partial charge in [0.2, 0.25) is 5.91 Å². The standard InChI is InChI=1S/C28H24BrN5O.C26H22BrN5.K.H2O/c1-21(35)34(25-8-3-2-4-9-25)28-12-6-11-27(20-28)33-18-16-24(31-33)14-13-23-15-17-32(30-23)26-10-5-7-22(29)19-26;27-20-6-4-10-25(18-20)31-16-14-22(29-31)12-13-23-15-17-32(30-23)26-11-5-9-24(19-26)28-21-7-2-1-3-8-21;;/h2-12,15-20H,13-14H2,1H3;1-11,14-19,28H,12-13H2;;1H2/q;;+1;/p-1. The minimum atomic E-state index is -0.0446. The van der Waals surface area contributed by atoms with Crippen LogP contribution >= 0.6 is 31.9 Å². The molecule has 4 aromatic heterocycles. The largest absolute Gasteiger partial charge is 1.00 e. The maximum absolute atomic E-state index is 12.4. The fourth-order valence-corrected chi connectivity index (χ4v) is 8.36. The summed E-state index contributed by atoms with van der Waals surface area (Å²) in [6.07, 6.45) is 11.2. The Labute approximate surface area is 460 Å². The second-order valence-corrected chi connectivity index (χ2v) is 17.5. The number of nitrogens with one attached hydrogen (secondary N) is 1. The molecule has 12 nitrogen and oxygen atoms in total. The van der Waals surface area contributed by atoms with Gasteiger partial charge in [-0.25, -0.2) is 18.7 Å². The van der Waals surface area contributed by atoms with E-state index in [0.717, 1.165) is 103 Å². The van der Waals surface area contributed by atoms with Crippen LogP contribution in [0, 0.1) is 0 Å². The zero-order chi connectivity index (χ0) is 46.0. The maximum atomic E-state index is 12.4. The SMILES string of the molecule is Brc1cccc(-n2ccc(CCc3ccn(-c4cccc(Nc5ccccc5)c4)n3)n2)c1.CC(=O)N(c1ccccc1)c1cccc(-n2ccc(CCc3ccn(-c4cccc(Br)c4)n3)n2)c1.[K+].[OH-]. The molecule has 340 valence electrons. The number of para-hydroxylation sites is 2. The van der Waals surface area contributed by atoms with Gasteiger partial charge in [-0.3, -0.25) is 9.69 Å². The van der Waals surface area contributed by atoms with Crippen molar-refractivity contribution in [2.75, 3.05) is 10.2 Å². The van der Waals surface area contributed by atoms with Crippen LogP contribution in [0.3, 0.4) is 0 Å². The summed E-state index contributed by atoms with van der Waals surface area (Å²) in [7, 11) is 0. The van der Waals surface area contributed by atoms with E-state index in [0.29, 0.717) is 0 Å². The first-order valence-corrected chi connectivity index (χ1v) is 23.5. The number of carbonyl (C=O) groups excluding carboxylic acids is 1. The van der Waals surface area contributed by atoms with E-state index in [1.54, 1.807) is 11.8 Å². The minimum absolute atomic E-state index is 0. The van der Waals surface area contributed by atoms with Crippen molar-refractivity contribution >= 4 is 60.5 Å². The van der Waals surface area contributed by atoms with Crippen LogP contribution in [0.15, 0.2) is 216 Å². The molecule has 0 atom stereocenters. The molecule has 0 spiro atoms. The van der Waals surface area contributed by atoms with Crippen molar-refractivity contribution in [2.45, 2.75) is 32.6 Å². The number of hydrogen-bond donors (Lipinski definition) is 1. The summed E-state index contributed by atoms with van der Waals surface area (Å²) in [5.41, 5.74) is 11.8. The van der Waals surface area contributed by atoms with E-state index in [1.807, 2.05) is 177 Å². The number of rotatable bonds is 14. The number of halogens is 2. The third-order valence-corrected chi connectivity index (χ3v) is 11.8. The van der Waals surface area contributed by atoms with E-state index in [1.165, 1.54) is 0 Å². The molecule has 0 fully saturated rings. The molecule has 0 radical (unpaired) electrons. The summed E-state index contributed by atoms with van der Waals surface area (Å²) in [6, 6.07) is 60.3. The Balaban J connectivity index is 0.000000199. The molecular weight excluding hydrogens is 1020 g/mol. The number of nitrogens with zero attached hydrogens (tertiary/aromatic N) is 9. The van der Waals surface area contributed by atoms with Crippen LogP contribution in [0.4, 0.5) is 22.7 Å². The van der Waals surface area contributed by atoms with Crippen molar-refractivity contribution in [1.29, 1.82) is 0 Å². The van der Waals surface area contributed by atoms with Crippen molar-refractivity contribution in [2.24, 2.45) is 0 Å². The smallest absolute Gasteiger partial charge is 0.870 e. The number of amides is 1. The van der Waals surface area contributed by atoms with Gasteiger partial charge in [0.15, 0.2) is 0 Å². The van der Waals surface area contributed by atoms with Crippen molar-refractivity contribution in [3.63, 3.8) is 0 Å². The average molecular weight is 1070 g/mol. The molecule has 2 N–H and O–H groups in total. The van der Waals surface area contributed by atoms with E-state index in [-0.39, 0.29) is 62.8 Å². The molecule has 0 unspecified atom stereocenters. The number of aromatic nitrogens is 8. The summed E-state index contributed by atoms with van der Waals surface area (Å²) in [4.78, 5) is 14.1. The molecule has 6 aromatic carbocycles. The van der Waals surface area contributed by atoms with Crippen molar-refractivity contribution in [1.82, 2.24) is 39.1 Å². The number of benzene rings is 6. The first-order chi connectivity index (χ1) is 32.8. The molecule has 0 saturated carbocycles. The molecule has 0 bridgehead atoms. The third-order valence-electron chi connectivity index (χ3n) is 10.9. The predicted octanol–water partition coefficient (Wildman–Crippen LogP) is 9.47. The molecule has 0 aliphatic rings. The van der Waals surface area contributed by atoms with Crippen molar-refractivity contribution < 1.29 is 61.7 Å². The molecule has 10 aromatic rings. The van der Waals surface area contributed by atoms with Gasteiger partial charge in [-0.1, -0.05) is 92.5 Å². The zero-order valence-corrected chi connectivity index (χ0v) is 44.4. The van der Waals surface area contributed by atoms with Crippen molar-refractivity contribution in [3.8, 4) is 22.7 Å². The average Bonchev–Trinajstić information content (AvgIpc) is 4.20. The third kappa shape index (κ3) is 13.6. The first kappa shape index (κ1) is 50.9. The summed E-state index contributed by atoms with van der Waals surface area (Å²) in [6.45, 7) is 1.57. The molecule has 0 saturated heterocycles. The fourth-order valence-electron chi connectivity index (χ4n) is 7.58. The number of hydrogen-bond acceptors (Lipinski definition) is 7. The minimum Gasteiger partial charge on any atom is -0.870 e. The topological polar surface area (TPSA) is 134 Å². The van der Waals surface area contributed by atoms with Crippen LogP contribution in [0.2, 0.25) is 0 Å². The van der Waals surface area contributed by atoms with E-state index in [4.69, 9.17) is 20.4 Å². The summed E-state index contributed by atoms with van der Waals surface area (Å²) < 4.78 is 9.63. The van der Waals surface area contributed by atoms with Gasteiger partial charge in [-0.15, -0.1) is 0 Å². The maximum Gasteiger partial charge on any atom is 1.00 e. The monoisotopic (exact) mass is 1060 g/mol. The zero-order valence-electron chi connectivity index (χ0n) is 38.1. The van der Waals surface area contributed by atoms with Gasteiger partial charge >= 0.3 is 51.4 Å². The van der Waals surface area contributed by atoms with Crippen LogP contribution in [0.1, 0.15) is 29.7 Å². The molecule has 4 heterocycles. The van der Waals surface area contributed by atoms with Gasteiger partial charge in [0.1, 0.15) is 0 Å². The quantitative estimate of drug-likeness (QED) is 0.107. The van der Waals surface area contributed by atoms with Gasteiger partial charge < -0.3 is 10.8 Å². The Morgan fingerprint density at radius 2 is 0.812 bits per heavy atom. The Morgan fingerprint density at radius 3 is 1.25 bits per heavy atom. The van der Waals surface area contributed by atoms with Crippen LogP contribution < -0.4 is 61.6 Å². The number of aryl methyl sites for hydroxylation is 4. The molecule has 69 heavy (non-hydrogen) atoms. The van der Waals surface area contributed by atoms with Crippen LogP contribution in [-0.4, -0.2) is 50.5 Å². The summed E-state index contributed by atoms with van der Waals surface area (Å²) in [5.74, 6) is -0.0446. The Kier molecular flexibility index (Phi) is 18.1. The normalized spacial score (nSPS) is 10.6. The predicted molar refractivity (Wildman–Crippen MR) is 275 cm³/mol. The van der Waals surface area contributed by atoms with E-state index in [2.05, 4.69) is 85.7 Å². The van der Waals surface area contributed by atoms with Gasteiger partial charge in [-0.2, -0.15) is 20.4 Å². The second-order valence-electron chi connectivity index (χ2n) is 15.7.